The summed E-state index contributed by atoms with van der Waals surface area (Å²) in [4.78, 5) is 0.234. The number of anilines is 1. The lowest BCUT2D eigenvalue weighted by atomic mass is 10.3. The van der Waals surface area contributed by atoms with Gasteiger partial charge in [0.25, 0.3) is 10.0 Å². The van der Waals surface area contributed by atoms with Crippen LogP contribution < -0.4 is 4.31 Å². The predicted octanol–water partition coefficient (Wildman–Crippen LogP) is 4.21. The van der Waals surface area contributed by atoms with Gasteiger partial charge in [-0.2, -0.15) is 0 Å². The first-order chi connectivity index (χ1) is 9.45. The monoisotopic (exact) mass is 329 g/mol. The second kappa shape index (κ2) is 6.04. The molecule has 0 unspecified atom stereocenters. The Hall–Kier alpha value is -1.23. The van der Waals surface area contributed by atoms with E-state index in [4.69, 9.17) is 23.2 Å². The lowest BCUT2D eigenvalue weighted by Crippen LogP contribution is -2.30. The van der Waals surface area contributed by atoms with Crippen molar-refractivity contribution in [2.75, 3.05) is 10.8 Å². The Bertz CT molecular complexity index is 682. The molecule has 0 radical (unpaired) electrons. The number of sulfonamides is 1. The van der Waals surface area contributed by atoms with Crippen LogP contribution in [0, 0.1) is 0 Å². The first-order valence-electron chi connectivity index (χ1n) is 5.99. The topological polar surface area (TPSA) is 37.4 Å². The molecule has 106 valence electrons. The minimum absolute atomic E-state index is 0.234. The highest BCUT2D eigenvalue weighted by atomic mass is 35.5. The Morgan fingerprint density at radius 3 is 2.05 bits per heavy atom. The van der Waals surface area contributed by atoms with E-state index in [1.165, 1.54) is 4.31 Å². The molecule has 2 aromatic rings. The van der Waals surface area contributed by atoms with E-state index in [0.717, 1.165) is 0 Å². The van der Waals surface area contributed by atoms with Gasteiger partial charge in [0, 0.05) is 16.6 Å². The number of hydrogen-bond acceptors (Lipinski definition) is 2. The summed E-state index contributed by atoms with van der Waals surface area (Å²) in [6.45, 7) is 2.04. The molecular weight excluding hydrogens is 317 g/mol. The van der Waals surface area contributed by atoms with Gasteiger partial charge in [0.2, 0.25) is 0 Å². The van der Waals surface area contributed by atoms with E-state index in [1.54, 1.807) is 55.5 Å². The third-order valence-electron chi connectivity index (χ3n) is 2.75. The van der Waals surface area contributed by atoms with Crippen molar-refractivity contribution in [3.8, 4) is 0 Å². The number of benzene rings is 2. The average Bonchev–Trinajstić information content (AvgIpc) is 2.39. The Labute approximate surface area is 128 Å². The van der Waals surface area contributed by atoms with Crippen LogP contribution in [0.2, 0.25) is 10.0 Å². The van der Waals surface area contributed by atoms with Gasteiger partial charge in [0.15, 0.2) is 0 Å². The van der Waals surface area contributed by atoms with E-state index in [-0.39, 0.29) is 11.4 Å². The standard InChI is InChI=1S/C14H13Cl2NO2S/c1-2-17(13-9-11(15)8-12(16)10-13)20(18,19)14-6-4-3-5-7-14/h3-10H,2H2,1H3. The van der Waals surface area contributed by atoms with Crippen LogP contribution in [-0.4, -0.2) is 15.0 Å². The molecule has 2 rings (SSSR count). The summed E-state index contributed by atoms with van der Waals surface area (Å²) >= 11 is 11.9. The first-order valence-corrected chi connectivity index (χ1v) is 8.18. The van der Waals surface area contributed by atoms with Crippen molar-refractivity contribution in [3.05, 3.63) is 58.6 Å². The summed E-state index contributed by atoms with van der Waals surface area (Å²) in [5.41, 5.74) is 0.453. The number of rotatable bonds is 4. The second-order valence-electron chi connectivity index (χ2n) is 4.11. The molecule has 0 N–H and O–H groups in total. The van der Waals surface area contributed by atoms with E-state index < -0.39 is 10.0 Å². The Balaban J connectivity index is 2.52. The highest BCUT2D eigenvalue weighted by Crippen LogP contribution is 2.29. The van der Waals surface area contributed by atoms with E-state index in [2.05, 4.69) is 0 Å². The molecule has 0 heterocycles. The van der Waals surface area contributed by atoms with E-state index in [0.29, 0.717) is 15.7 Å². The first kappa shape index (κ1) is 15.2. The van der Waals surface area contributed by atoms with Gasteiger partial charge in [-0.25, -0.2) is 8.42 Å². The summed E-state index contributed by atoms with van der Waals surface area (Å²) in [6, 6.07) is 13.0. The molecule has 0 saturated heterocycles. The van der Waals surface area contributed by atoms with Crippen LogP contribution in [0.4, 0.5) is 5.69 Å². The van der Waals surface area contributed by atoms with Gasteiger partial charge in [-0.05, 0) is 37.3 Å². The Kier molecular flexibility index (Phi) is 4.58. The predicted molar refractivity (Wildman–Crippen MR) is 83.1 cm³/mol. The van der Waals surface area contributed by atoms with E-state index in [1.807, 2.05) is 0 Å². The van der Waals surface area contributed by atoms with Gasteiger partial charge in [-0.15, -0.1) is 0 Å². The third-order valence-corrected chi connectivity index (χ3v) is 5.11. The molecule has 0 amide bonds. The fourth-order valence-electron chi connectivity index (χ4n) is 1.89. The van der Waals surface area contributed by atoms with Crippen LogP contribution in [0.15, 0.2) is 53.4 Å². The molecule has 0 aromatic heterocycles. The van der Waals surface area contributed by atoms with E-state index in [9.17, 15) is 8.42 Å². The molecule has 0 aliphatic carbocycles. The molecule has 0 bridgehead atoms. The van der Waals surface area contributed by atoms with Gasteiger partial charge in [-0.1, -0.05) is 41.4 Å². The molecule has 0 fully saturated rings. The average molecular weight is 330 g/mol. The molecule has 6 heteroatoms. The quantitative estimate of drug-likeness (QED) is 0.842. The number of hydrogen-bond donors (Lipinski definition) is 0. The van der Waals surface area contributed by atoms with Crippen molar-refractivity contribution in [1.82, 2.24) is 0 Å². The second-order valence-corrected chi connectivity index (χ2v) is 6.85. The highest BCUT2D eigenvalue weighted by Gasteiger charge is 2.23. The highest BCUT2D eigenvalue weighted by molar-refractivity contribution is 7.92. The molecule has 0 saturated carbocycles. The van der Waals surface area contributed by atoms with Gasteiger partial charge in [0.05, 0.1) is 10.6 Å². The molecule has 2 aromatic carbocycles. The van der Waals surface area contributed by atoms with Crippen LogP contribution in [-0.2, 0) is 10.0 Å². The van der Waals surface area contributed by atoms with Crippen LogP contribution in [0.3, 0.4) is 0 Å². The molecular formula is C14H13Cl2NO2S. The maximum Gasteiger partial charge on any atom is 0.264 e. The largest absolute Gasteiger partial charge is 0.267 e. The zero-order chi connectivity index (χ0) is 14.8. The van der Waals surface area contributed by atoms with Crippen LogP contribution in [0.5, 0.6) is 0 Å². The van der Waals surface area contributed by atoms with Crippen LogP contribution >= 0.6 is 23.2 Å². The molecule has 0 atom stereocenters. The summed E-state index contributed by atoms with van der Waals surface area (Å²) < 4.78 is 26.5. The Morgan fingerprint density at radius 2 is 1.55 bits per heavy atom. The van der Waals surface area contributed by atoms with Crippen LogP contribution in [0.1, 0.15) is 6.92 Å². The lowest BCUT2D eigenvalue weighted by molar-refractivity contribution is 0.592. The van der Waals surface area contributed by atoms with Gasteiger partial charge >= 0.3 is 0 Å². The van der Waals surface area contributed by atoms with Crippen molar-refractivity contribution < 1.29 is 8.42 Å². The van der Waals surface area contributed by atoms with Gasteiger partial charge in [-0.3, -0.25) is 4.31 Å². The summed E-state index contributed by atoms with van der Waals surface area (Å²) in [5, 5.41) is 0.795. The van der Waals surface area contributed by atoms with Crippen LogP contribution in [0.25, 0.3) is 0 Å². The van der Waals surface area contributed by atoms with Crippen molar-refractivity contribution >= 4 is 38.9 Å². The Morgan fingerprint density at radius 1 is 1.00 bits per heavy atom. The van der Waals surface area contributed by atoms with Crippen molar-refractivity contribution in [1.29, 1.82) is 0 Å². The smallest absolute Gasteiger partial charge is 0.264 e. The lowest BCUT2D eigenvalue weighted by Gasteiger charge is -2.23. The zero-order valence-corrected chi connectivity index (χ0v) is 13.1. The molecule has 3 nitrogen and oxygen atoms in total. The zero-order valence-electron chi connectivity index (χ0n) is 10.8. The summed E-state index contributed by atoms with van der Waals surface area (Å²) in [7, 11) is -3.62. The maximum atomic E-state index is 12.6. The minimum Gasteiger partial charge on any atom is -0.267 e. The summed E-state index contributed by atoms with van der Waals surface area (Å²) in [5.74, 6) is 0. The molecule has 20 heavy (non-hydrogen) atoms. The normalized spacial score (nSPS) is 11.3. The number of nitrogens with zero attached hydrogens (tertiary/aromatic N) is 1. The maximum absolute atomic E-state index is 12.6. The van der Waals surface area contributed by atoms with Gasteiger partial charge in [0.1, 0.15) is 0 Å². The van der Waals surface area contributed by atoms with Crippen molar-refractivity contribution in [2.24, 2.45) is 0 Å². The summed E-state index contributed by atoms with van der Waals surface area (Å²) in [6.07, 6.45) is 0. The fraction of sp³-hybridized carbons (Fsp3) is 0.143. The third kappa shape index (κ3) is 3.08. The molecule has 0 aliphatic rings. The van der Waals surface area contributed by atoms with E-state index >= 15 is 0 Å². The molecule has 0 aliphatic heterocycles. The van der Waals surface area contributed by atoms with Gasteiger partial charge < -0.3 is 0 Å². The number of halogens is 2. The van der Waals surface area contributed by atoms with Crippen molar-refractivity contribution in [3.63, 3.8) is 0 Å². The minimum atomic E-state index is -3.62. The fourth-order valence-corrected chi connectivity index (χ4v) is 3.89. The SMILES string of the molecule is CCN(c1cc(Cl)cc(Cl)c1)S(=O)(=O)c1ccccc1. The van der Waals surface area contributed by atoms with Crippen molar-refractivity contribution in [2.45, 2.75) is 11.8 Å². The molecule has 0 spiro atoms.